The number of thioether (sulfide) groups is 1. The smallest absolute Gasteiger partial charge is 0.228 e. The van der Waals surface area contributed by atoms with Crippen LogP contribution < -0.4 is 10.1 Å². The number of nitrogens with one attached hydrogen (secondary N) is 1. The second kappa shape index (κ2) is 6.49. The standard InChI is InChI=1S/C15H19N3O2S/c1-3-10(16-2)8-14-17-15(18-20-14)12-9-21-13-7-5-4-6-11(13)19-12/h4-7,10,12,16H,3,8-9H2,1-2H3. The van der Waals surface area contributed by atoms with Crippen LogP contribution in [-0.2, 0) is 6.42 Å². The Balaban J connectivity index is 1.70. The number of likely N-dealkylation sites (N-methyl/N-ethyl adjacent to an activating group) is 1. The quantitative estimate of drug-likeness (QED) is 0.916. The third-order valence-electron chi connectivity index (χ3n) is 3.60. The molecule has 5 nitrogen and oxygen atoms in total. The highest BCUT2D eigenvalue weighted by Gasteiger charge is 2.26. The summed E-state index contributed by atoms with van der Waals surface area (Å²) in [5.41, 5.74) is 0. The van der Waals surface area contributed by atoms with E-state index in [1.54, 1.807) is 11.8 Å². The van der Waals surface area contributed by atoms with Crippen molar-refractivity contribution in [1.29, 1.82) is 0 Å². The lowest BCUT2D eigenvalue weighted by atomic mass is 10.1. The number of hydrogen-bond acceptors (Lipinski definition) is 6. The van der Waals surface area contributed by atoms with Crippen molar-refractivity contribution in [2.24, 2.45) is 0 Å². The number of aromatic nitrogens is 2. The van der Waals surface area contributed by atoms with Crippen LogP contribution in [-0.4, -0.2) is 29.0 Å². The first-order valence-corrected chi connectivity index (χ1v) is 8.17. The van der Waals surface area contributed by atoms with E-state index in [9.17, 15) is 0 Å². The van der Waals surface area contributed by atoms with Crippen molar-refractivity contribution in [2.45, 2.75) is 36.8 Å². The van der Waals surface area contributed by atoms with Gasteiger partial charge in [-0.1, -0.05) is 24.2 Å². The van der Waals surface area contributed by atoms with Crippen molar-refractivity contribution in [1.82, 2.24) is 15.5 Å². The Morgan fingerprint density at radius 1 is 1.43 bits per heavy atom. The lowest BCUT2D eigenvalue weighted by Crippen LogP contribution is -2.26. The van der Waals surface area contributed by atoms with Crippen molar-refractivity contribution < 1.29 is 9.26 Å². The molecule has 1 N–H and O–H groups in total. The van der Waals surface area contributed by atoms with Gasteiger partial charge >= 0.3 is 0 Å². The maximum atomic E-state index is 5.97. The SMILES string of the molecule is CCC(Cc1nc(C2CSc3ccccc3O2)no1)NC. The number of hydrogen-bond donors (Lipinski definition) is 1. The molecule has 2 heterocycles. The van der Waals surface area contributed by atoms with Crippen molar-refractivity contribution in [3.05, 3.63) is 36.0 Å². The molecule has 1 aliphatic rings. The molecule has 2 unspecified atom stereocenters. The summed E-state index contributed by atoms with van der Waals surface area (Å²) in [5, 5.41) is 7.32. The molecule has 1 aromatic carbocycles. The number of benzene rings is 1. The summed E-state index contributed by atoms with van der Waals surface area (Å²) in [6.45, 7) is 2.14. The molecular formula is C15H19N3O2S. The van der Waals surface area contributed by atoms with Gasteiger partial charge in [0.25, 0.3) is 0 Å². The molecule has 0 amide bonds. The van der Waals surface area contributed by atoms with Crippen LogP contribution in [0.15, 0.2) is 33.7 Å². The van der Waals surface area contributed by atoms with Gasteiger partial charge in [-0.3, -0.25) is 0 Å². The summed E-state index contributed by atoms with van der Waals surface area (Å²) in [5.74, 6) is 3.00. The van der Waals surface area contributed by atoms with E-state index in [-0.39, 0.29) is 6.10 Å². The fraction of sp³-hybridized carbons (Fsp3) is 0.467. The maximum Gasteiger partial charge on any atom is 0.228 e. The Hall–Kier alpha value is -1.53. The molecule has 112 valence electrons. The van der Waals surface area contributed by atoms with Crippen LogP contribution in [0, 0.1) is 0 Å². The number of rotatable bonds is 5. The van der Waals surface area contributed by atoms with Gasteiger partial charge in [0.05, 0.1) is 0 Å². The lowest BCUT2D eigenvalue weighted by Gasteiger charge is -2.22. The topological polar surface area (TPSA) is 60.2 Å². The van der Waals surface area contributed by atoms with Crippen molar-refractivity contribution >= 4 is 11.8 Å². The second-order valence-electron chi connectivity index (χ2n) is 5.01. The molecule has 0 spiro atoms. The van der Waals surface area contributed by atoms with E-state index in [1.165, 1.54) is 4.90 Å². The molecule has 0 fully saturated rings. The van der Waals surface area contributed by atoms with E-state index >= 15 is 0 Å². The Bertz CT molecular complexity index is 598. The molecule has 6 heteroatoms. The maximum absolute atomic E-state index is 5.97. The van der Waals surface area contributed by atoms with E-state index in [4.69, 9.17) is 9.26 Å². The zero-order valence-corrected chi connectivity index (χ0v) is 13.0. The molecular weight excluding hydrogens is 286 g/mol. The molecule has 0 saturated heterocycles. The Morgan fingerprint density at radius 3 is 3.10 bits per heavy atom. The zero-order valence-electron chi connectivity index (χ0n) is 12.2. The van der Waals surface area contributed by atoms with Crippen LogP contribution in [0.4, 0.5) is 0 Å². The third-order valence-corrected chi connectivity index (χ3v) is 4.72. The van der Waals surface area contributed by atoms with Gasteiger partial charge in [-0.2, -0.15) is 4.98 Å². The summed E-state index contributed by atoms with van der Waals surface area (Å²) in [6, 6.07) is 8.40. The Kier molecular flexibility index (Phi) is 4.45. The second-order valence-corrected chi connectivity index (χ2v) is 6.07. The van der Waals surface area contributed by atoms with Crippen LogP contribution >= 0.6 is 11.8 Å². The van der Waals surface area contributed by atoms with Gasteiger partial charge in [-0.25, -0.2) is 0 Å². The van der Waals surface area contributed by atoms with Gasteiger partial charge in [0, 0.05) is 23.1 Å². The van der Waals surface area contributed by atoms with Gasteiger partial charge in [0.1, 0.15) is 5.75 Å². The number of para-hydroxylation sites is 1. The van der Waals surface area contributed by atoms with Crippen molar-refractivity contribution in [3.8, 4) is 5.75 Å². The summed E-state index contributed by atoms with van der Waals surface area (Å²) in [6.07, 6.45) is 1.63. The minimum Gasteiger partial charge on any atom is -0.480 e. The average Bonchev–Trinajstić information content (AvgIpc) is 3.00. The van der Waals surface area contributed by atoms with E-state index in [2.05, 4.69) is 28.4 Å². The Morgan fingerprint density at radius 2 is 2.29 bits per heavy atom. The first-order valence-electron chi connectivity index (χ1n) is 7.18. The fourth-order valence-electron chi connectivity index (χ4n) is 2.29. The molecule has 0 saturated carbocycles. The van der Waals surface area contributed by atoms with Crippen LogP contribution in [0.2, 0.25) is 0 Å². The zero-order chi connectivity index (χ0) is 14.7. The minimum absolute atomic E-state index is 0.142. The van der Waals surface area contributed by atoms with E-state index < -0.39 is 0 Å². The molecule has 1 aliphatic heterocycles. The van der Waals surface area contributed by atoms with Crippen LogP contribution in [0.1, 0.15) is 31.2 Å². The highest BCUT2D eigenvalue weighted by molar-refractivity contribution is 7.99. The van der Waals surface area contributed by atoms with Crippen LogP contribution in [0.3, 0.4) is 0 Å². The molecule has 0 aliphatic carbocycles. The molecule has 1 aromatic heterocycles. The van der Waals surface area contributed by atoms with Gasteiger partial charge in [-0.05, 0) is 25.6 Å². The molecule has 2 atom stereocenters. The van der Waals surface area contributed by atoms with Gasteiger partial charge in [0.2, 0.25) is 11.7 Å². The van der Waals surface area contributed by atoms with E-state index in [0.717, 1.165) is 24.3 Å². The van der Waals surface area contributed by atoms with Gasteiger partial charge in [-0.15, -0.1) is 11.8 Å². The first kappa shape index (κ1) is 14.4. The van der Waals surface area contributed by atoms with Crippen molar-refractivity contribution in [2.75, 3.05) is 12.8 Å². The third kappa shape index (κ3) is 3.22. The number of nitrogens with zero attached hydrogens (tertiary/aromatic N) is 2. The Labute approximate surface area is 128 Å². The van der Waals surface area contributed by atoms with E-state index in [1.807, 2.05) is 25.2 Å². The molecule has 3 rings (SSSR count). The van der Waals surface area contributed by atoms with E-state index in [0.29, 0.717) is 17.8 Å². The number of ether oxygens (including phenoxy) is 1. The monoisotopic (exact) mass is 305 g/mol. The average molecular weight is 305 g/mol. The predicted octanol–water partition coefficient (Wildman–Crippen LogP) is 2.84. The van der Waals surface area contributed by atoms with Crippen molar-refractivity contribution in [3.63, 3.8) is 0 Å². The van der Waals surface area contributed by atoms with Crippen LogP contribution in [0.25, 0.3) is 0 Å². The summed E-state index contributed by atoms with van der Waals surface area (Å²) >= 11 is 1.76. The number of fused-ring (bicyclic) bond motifs is 1. The predicted molar refractivity (Wildman–Crippen MR) is 81.7 cm³/mol. The first-order chi connectivity index (χ1) is 10.3. The summed E-state index contributed by atoms with van der Waals surface area (Å²) < 4.78 is 11.3. The van der Waals surface area contributed by atoms with Gasteiger partial charge < -0.3 is 14.6 Å². The highest BCUT2D eigenvalue weighted by atomic mass is 32.2. The molecule has 21 heavy (non-hydrogen) atoms. The summed E-state index contributed by atoms with van der Waals surface area (Å²) in [4.78, 5) is 5.65. The van der Waals surface area contributed by atoms with Crippen LogP contribution in [0.5, 0.6) is 5.75 Å². The normalized spacial score (nSPS) is 18.9. The lowest BCUT2D eigenvalue weighted by molar-refractivity contribution is 0.205. The molecule has 2 aromatic rings. The minimum atomic E-state index is -0.142. The largest absolute Gasteiger partial charge is 0.480 e. The molecule has 0 radical (unpaired) electrons. The fourth-order valence-corrected chi connectivity index (χ4v) is 3.27. The highest BCUT2D eigenvalue weighted by Crippen LogP contribution is 2.39. The van der Waals surface area contributed by atoms with Gasteiger partial charge in [0.15, 0.2) is 6.10 Å². The molecule has 0 bridgehead atoms. The summed E-state index contributed by atoms with van der Waals surface area (Å²) in [7, 11) is 1.95.